The van der Waals surface area contributed by atoms with E-state index in [0.717, 1.165) is 6.42 Å². The van der Waals surface area contributed by atoms with Crippen LogP contribution >= 0.6 is 0 Å². The number of fused-ring (bicyclic) bond motifs is 2. The maximum atomic E-state index is 12.7. The third-order valence-electron chi connectivity index (χ3n) is 4.71. The SMILES string of the molecule is COc1ccc(OC)c(NC(=O)[C@H]2[C@@H](C(=O)O)[C@H]3C=C[C@H]2C3)c1. The molecule has 0 aliphatic heterocycles. The van der Waals surface area contributed by atoms with Gasteiger partial charge in [0.25, 0.3) is 0 Å². The first kappa shape index (κ1) is 15.4. The Kier molecular flexibility index (Phi) is 3.98. The number of carbonyl (C=O) groups is 2. The predicted molar refractivity (Wildman–Crippen MR) is 83.5 cm³/mol. The van der Waals surface area contributed by atoms with E-state index in [4.69, 9.17) is 9.47 Å². The first-order chi connectivity index (χ1) is 11.0. The highest BCUT2D eigenvalue weighted by Gasteiger charge is 2.51. The molecule has 1 amide bonds. The molecule has 1 aromatic rings. The number of ether oxygens (including phenoxy) is 2. The van der Waals surface area contributed by atoms with Crippen molar-refractivity contribution >= 4 is 17.6 Å². The number of hydrogen-bond donors (Lipinski definition) is 2. The monoisotopic (exact) mass is 317 g/mol. The number of aliphatic carboxylic acids is 1. The Bertz CT molecular complexity index is 669. The maximum Gasteiger partial charge on any atom is 0.307 e. The molecular weight excluding hydrogens is 298 g/mol. The Morgan fingerprint density at radius 3 is 2.43 bits per heavy atom. The summed E-state index contributed by atoms with van der Waals surface area (Å²) in [5.41, 5.74) is 0.479. The molecule has 2 bridgehead atoms. The Morgan fingerprint density at radius 2 is 1.83 bits per heavy atom. The maximum absolute atomic E-state index is 12.7. The molecule has 0 aromatic heterocycles. The van der Waals surface area contributed by atoms with Gasteiger partial charge in [-0.25, -0.2) is 0 Å². The molecule has 0 radical (unpaired) electrons. The molecule has 6 nitrogen and oxygen atoms in total. The van der Waals surface area contributed by atoms with Gasteiger partial charge >= 0.3 is 5.97 Å². The van der Waals surface area contributed by atoms with Crippen molar-refractivity contribution < 1.29 is 24.2 Å². The van der Waals surface area contributed by atoms with Gasteiger partial charge in [-0.1, -0.05) is 12.2 Å². The number of amides is 1. The van der Waals surface area contributed by atoms with Gasteiger partial charge in [0.1, 0.15) is 11.5 Å². The van der Waals surface area contributed by atoms with Crippen LogP contribution in [0.25, 0.3) is 0 Å². The number of rotatable bonds is 5. The molecule has 0 saturated heterocycles. The highest BCUT2D eigenvalue weighted by atomic mass is 16.5. The molecule has 1 saturated carbocycles. The van der Waals surface area contributed by atoms with Crippen LogP contribution < -0.4 is 14.8 Å². The summed E-state index contributed by atoms with van der Waals surface area (Å²) >= 11 is 0. The van der Waals surface area contributed by atoms with Gasteiger partial charge < -0.3 is 19.9 Å². The number of anilines is 1. The van der Waals surface area contributed by atoms with Gasteiger partial charge in [0.2, 0.25) is 5.91 Å². The third kappa shape index (κ3) is 2.65. The van der Waals surface area contributed by atoms with Gasteiger partial charge in [-0.2, -0.15) is 0 Å². The molecular formula is C17H19NO5. The Morgan fingerprint density at radius 1 is 1.13 bits per heavy atom. The zero-order chi connectivity index (χ0) is 16.6. The van der Waals surface area contributed by atoms with Gasteiger partial charge in [0.15, 0.2) is 0 Å². The smallest absolute Gasteiger partial charge is 0.307 e. The van der Waals surface area contributed by atoms with Crippen molar-refractivity contribution in [3.63, 3.8) is 0 Å². The molecule has 4 atom stereocenters. The summed E-state index contributed by atoms with van der Waals surface area (Å²) in [6.45, 7) is 0. The zero-order valence-corrected chi connectivity index (χ0v) is 13.0. The van der Waals surface area contributed by atoms with Crippen molar-refractivity contribution in [2.75, 3.05) is 19.5 Å². The average molecular weight is 317 g/mol. The molecule has 1 aromatic carbocycles. The third-order valence-corrected chi connectivity index (χ3v) is 4.71. The van der Waals surface area contributed by atoms with E-state index in [0.29, 0.717) is 17.2 Å². The number of carbonyl (C=O) groups excluding carboxylic acids is 1. The second kappa shape index (κ2) is 5.95. The Balaban J connectivity index is 1.84. The van der Waals surface area contributed by atoms with E-state index in [1.165, 1.54) is 14.2 Å². The summed E-state index contributed by atoms with van der Waals surface area (Å²) < 4.78 is 10.4. The molecule has 23 heavy (non-hydrogen) atoms. The van der Waals surface area contributed by atoms with E-state index < -0.39 is 17.8 Å². The van der Waals surface area contributed by atoms with Crippen molar-refractivity contribution in [2.24, 2.45) is 23.7 Å². The van der Waals surface area contributed by atoms with Crippen molar-refractivity contribution in [3.8, 4) is 11.5 Å². The Labute approximate surface area is 134 Å². The lowest BCUT2D eigenvalue weighted by atomic mass is 9.82. The van der Waals surface area contributed by atoms with Gasteiger partial charge in [0.05, 0.1) is 31.7 Å². The van der Waals surface area contributed by atoms with Gasteiger partial charge in [-0.05, 0) is 30.4 Å². The second-order valence-corrected chi connectivity index (χ2v) is 5.89. The fraction of sp³-hybridized carbons (Fsp3) is 0.412. The number of carboxylic acid groups (broad SMARTS) is 1. The highest BCUT2D eigenvalue weighted by Crippen LogP contribution is 2.48. The molecule has 2 aliphatic rings. The van der Waals surface area contributed by atoms with Gasteiger partial charge in [0, 0.05) is 6.07 Å². The topological polar surface area (TPSA) is 84.9 Å². The zero-order valence-electron chi connectivity index (χ0n) is 13.0. The summed E-state index contributed by atoms with van der Waals surface area (Å²) in [7, 11) is 3.05. The van der Waals surface area contributed by atoms with E-state index in [-0.39, 0.29) is 17.7 Å². The molecule has 1 fully saturated rings. The molecule has 6 heteroatoms. The lowest BCUT2D eigenvalue weighted by Gasteiger charge is -2.24. The number of methoxy groups -OCH3 is 2. The normalized spacial score (nSPS) is 27.7. The largest absolute Gasteiger partial charge is 0.497 e. The van der Waals surface area contributed by atoms with Gasteiger partial charge in [-0.15, -0.1) is 0 Å². The highest BCUT2D eigenvalue weighted by molar-refractivity contribution is 5.97. The summed E-state index contributed by atoms with van der Waals surface area (Å²) in [5.74, 6) is -1.41. The minimum Gasteiger partial charge on any atom is -0.497 e. The van der Waals surface area contributed by atoms with E-state index in [2.05, 4.69) is 5.32 Å². The number of benzene rings is 1. The lowest BCUT2D eigenvalue weighted by Crippen LogP contribution is -2.36. The van der Waals surface area contributed by atoms with Crippen molar-refractivity contribution in [1.29, 1.82) is 0 Å². The standard InChI is InChI=1S/C17H19NO5/c1-22-11-5-6-13(23-2)12(8-11)18-16(19)14-9-3-4-10(7-9)15(14)17(20)21/h3-6,8-10,14-15H,7H2,1-2H3,(H,18,19)(H,20,21)/t9-,10-,14+,15-/m0/s1. The summed E-state index contributed by atoms with van der Waals surface area (Å²) in [5, 5.41) is 12.3. The van der Waals surface area contributed by atoms with Crippen LogP contribution in [0.15, 0.2) is 30.4 Å². The van der Waals surface area contributed by atoms with Crippen molar-refractivity contribution in [1.82, 2.24) is 0 Å². The first-order valence-electron chi connectivity index (χ1n) is 7.49. The van der Waals surface area contributed by atoms with Crippen molar-refractivity contribution in [3.05, 3.63) is 30.4 Å². The molecule has 0 spiro atoms. The second-order valence-electron chi connectivity index (χ2n) is 5.89. The Hall–Kier alpha value is -2.50. The number of nitrogens with one attached hydrogen (secondary N) is 1. The van der Waals surface area contributed by atoms with Crippen LogP contribution in [0.1, 0.15) is 6.42 Å². The number of allylic oxidation sites excluding steroid dienone is 2. The van der Waals surface area contributed by atoms with E-state index in [1.807, 2.05) is 12.2 Å². The molecule has 2 aliphatic carbocycles. The van der Waals surface area contributed by atoms with E-state index in [1.54, 1.807) is 18.2 Å². The van der Waals surface area contributed by atoms with E-state index in [9.17, 15) is 14.7 Å². The molecule has 2 N–H and O–H groups in total. The van der Waals surface area contributed by atoms with Crippen LogP contribution in [-0.4, -0.2) is 31.2 Å². The minimum atomic E-state index is -0.917. The van der Waals surface area contributed by atoms with Gasteiger partial charge in [-0.3, -0.25) is 9.59 Å². The fourth-order valence-corrected chi connectivity index (χ4v) is 3.64. The first-order valence-corrected chi connectivity index (χ1v) is 7.49. The molecule has 0 heterocycles. The quantitative estimate of drug-likeness (QED) is 0.813. The summed E-state index contributed by atoms with van der Waals surface area (Å²) in [6.07, 6.45) is 4.60. The van der Waals surface area contributed by atoms with E-state index >= 15 is 0 Å². The predicted octanol–water partition coefficient (Wildman–Crippen LogP) is 2.17. The van der Waals surface area contributed by atoms with Crippen LogP contribution in [0.3, 0.4) is 0 Å². The molecule has 3 rings (SSSR count). The summed E-state index contributed by atoms with van der Waals surface area (Å²) in [4.78, 5) is 24.2. The van der Waals surface area contributed by atoms with Crippen LogP contribution in [0.5, 0.6) is 11.5 Å². The molecule has 0 unspecified atom stereocenters. The van der Waals surface area contributed by atoms with Crippen LogP contribution in [0.4, 0.5) is 5.69 Å². The van der Waals surface area contributed by atoms with Crippen LogP contribution in [0.2, 0.25) is 0 Å². The number of carboxylic acids is 1. The average Bonchev–Trinajstić information content (AvgIpc) is 3.15. The van der Waals surface area contributed by atoms with Crippen LogP contribution in [-0.2, 0) is 9.59 Å². The molecule has 122 valence electrons. The minimum absolute atomic E-state index is 0.0160. The number of hydrogen-bond acceptors (Lipinski definition) is 4. The van der Waals surface area contributed by atoms with Crippen LogP contribution in [0, 0.1) is 23.7 Å². The summed E-state index contributed by atoms with van der Waals surface area (Å²) in [6, 6.07) is 5.09. The fourth-order valence-electron chi connectivity index (χ4n) is 3.64. The van der Waals surface area contributed by atoms with Crippen molar-refractivity contribution in [2.45, 2.75) is 6.42 Å². The lowest BCUT2D eigenvalue weighted by molar-refractivity contribution is -0.146.